The maximum absolute atomic E-state index is 13.7. The molecule has 0 aromatic heterocycles. The van der Waals surface area contributed by atoms with E-state index in [4.69, 9.17) is 31.2 Å². The summed E-state index contributed by atoms with van der Waals surface area (Å²) < 4.78 is 36.7. The Bertz CT molecular complexity index is 1690. The van der Waals surface area contributed by atoms with Crippen molar-refractivity contribution >= 4 is 35.4 Å². The zero-order valence-electron chi connectivity index (χ0n) is 26.4. The molecule has 0 saturated carbocycles. The van der Waals surface area contributed by atoms with Crippen molar-refractivity contribution in [2.75, 3.05) is 19.8 Å². The predicted molar refractivity (Wildman–Crippen MR) is 181 cm³/mol. The maximum atomic E-state index is 13.7. The van der Waals surface area contributed by atoms with Crippen LogP contribution in [0.5, 0.6) is 17.2 Å². The summed E-state index contributed by atoms with van der Waals surface area (Å²) in [7, 11) is 0. The Morgan fingerprint density at radius 2 is 1.85 bits per heavy atom. The first-order chi connectivity index (χ1) is 22.7. The molecule has 1 amide bonds. The minimum absolute atomic E-state index is 0.148. The SMILES string of the molecule is C=CCc1cc(C=NNC(=O)COc2ccccc2[C@@H]2NC(=S)NC(C)=C2C(=O)OCC)cc(OCC)c1OCc1cccc(F)c1. The predicted octanol–water partition coefficient (Wildman–Crippen LogP) is 5.42. The number of ether oxygens (including phenoxy) is 4. The Morgan fingerprint density at radius 1 is 1.04 bits per heavy atom. The first kappa shape index (κ1) is 34.6. The Balaban J connectivity index is 1.45. The van der Waals surface area contributed by atoms with Gasteiger partial charge in [0.15, 0.2) is 23.2 Å². The van der Waals surface area contributed by atoms with Gasteiger partial charge < -0.3 is 29.6 Å². The molecule has 10 nitrogen and oxygen atoms in total. The number of nitrogens with one attached hydrogen (secondary N) is 3. The van der Waals surface area contributed by atoms with Crippen molar-refractivity contribution in [2.24, 2.45) is 5.10 Å². The zero-order chi connectivity index (χ0) is 33.8. The van der Waals surface area contributed by atoms with Crippen molar-refractivity contribution in [3.05, 3.63) is 113 Å². The Kier molecular flexibility index (Phi) is 12.5. The quantitative estimate of drug-likeness (QED) is 0.0646. The Labute approximate surface area is 278 Å². The minimum Gasteiger partial charge on any atom is -0.490 e. The fourth-order valence-electron chi connectivity index (χ4n) is 4.89. The van der Waals surface area contributed by atoms with Gasteiger partial charge >= 0.3 is 5.97 Å². The second-order valence-corrected chi connectivity index (χ2v) is 10.7. The molecule has 0 spiro atoms. The number of amides is 1. The number of carbonyl (C=O) groups is 2. The molecule has 47 heavy (non-hydrogen) atoms. The molecule has 12 heteroatoms. The number of thiocarbonyl (C=S) groups is 1. The van der Waals surface area contributed by atoms with Gasteiger partial charge in [0.2, 0.25) is 0 Å². The monoisotopic (exact) mass is 660 g/mol. The molecule has 0 unspecified atom stereocenters. The summed E-state index contributed by atoms with van der Waals surface area (Å²) in [5.41, 5.74) is 6.12. The fourth-order valence-corrected chi connectivity index (χ4v) is 5.16. The third-order valence-electron chi connectivity index (χ3n) is 6.85. The van der Waals surface area contributed by atoms with Gasteiger partial charge in [-0.2, -0.15) is 5.10 Å². The van der Waals surface area contributed by atoms with E-state index in [1.807, 2.05) is 13.0 Å². The van der Waals surface area contributed by atoms with E-state index in [0.717, 1.165) is 5.56 Å². The number of rotatable bonds is 15. The number of hydrogen-bond acceptors (Lipinski definition) is 8. The highest BCUT2D eigenvalue weighted by molar-refractivity contribution is 7.80. The van der Waals surface area contributed by atoms with E-state index in [1.54, 1.807) is 62.4 Å². The lowest BCUT2D eigenvalue weighted by atomic mass is 9.95. The molecule has 1 atom stereocenters. The molecule has 0 radical (unpaired) electrons. The van der Waals surface area contributed by atoms with Crippen LogP contribution < -0.4 is 30.3 Å². The average molecular weight is 661 g/mol. The van der Waals surface area contributed by atoms with Crippen LogP contribution >= 0.6 is 12.2 Å². The van der Waals surface area contributed by atoms with Gasteiger partial charge in [-0.15, -0.1) is 6.58 Å². The molecule has 0 saturated heterocycles. The lowest BCUT2D eigenvalue weighted by Gasteiger charge is -2.30. The van der Waals surface area contributed by atoms with Crippen molar-refractivity contribution in [1.29, 1.82) is 0 Å². The highest BCUT2D eigenvalue weighted by Gasteiger charge is 2.32. The van der Waals surface area contributed by atoms with Gasteiger partial charge in [-0.25, -0.2) is 14.6 Å². The Morgan fingerprint density at radius 3 is 2.60 bits per heavy atom. The summed E-state index contributed by atoms with van der Waals surface area (Å²) in [5.74, 6) is 0.0397. The van der Waals surface area contributed by atoms with Gasteiger partial charge in [0.25, 0.3) is 5.91 Å². The summed E-state index contributed by atoms with van der Waals surface area (Å²) in [6.07, 6.45) is 3.69. The summed E-state index contributed by atoms with van der Waals surface area (Å²) in [6.45, 7) is 9.56. The van der Waals surface area contributed by atoms with Gasteiger partial charge in [-0.1, -0.05) is 36.4 Å². The molecule has 0 aliphatic carbocycles. The Hall–Kier alpha value is -5.23. The smallest absolute Gasteiger partial charge is 0.338 e. The lowest BCUT2D eigenvalue weighted by molar-refractivity contribution is -0.139. The normalized spacial score (nSPS) is 14.2. The van der Waals surface area contributed by atoms with Crippen LogP contribution in [-0.2, 0) is 27.4 Å². The molecule has 246 valence electrons. The number of esters is 1. The first-order valence-electron chi connectivity index (χ1n) is 15.0. The fraction of sp³-hybridized carbons (Fsp3) is 0.257. The molecule has 4 rings (SSSR count). The van der Waals surface area contributed by atoms with E-state index in [-0.39, 0.29) is 25.6 Å². The molecule has 0 bridgehead atoms. The van der Waals surface area contributed by atoms with E-state index in [2.05, 4.69) is 27.7 Å². The maximum Gasteiger partial charge on any atom is 0.338 e. The molecule has 3 aromatic carbocycles. The minimum atomic E-state index is -0.648. The first-order valence-corrected chi connectivity index (χ1v) is 15.4. The van der Waals surface area contributed by atoms with E-state index in [9.17, 15) is 14.0 Å². The highest BCUT2D eigenvalue weighted by Crippen LogP contribution is 2.35. The van der Waals surface area contributed by atoms with E-state index in [1.165, 1.54) is 18.3 Å². The number of hydrogen-bond donors (Lipinski definition) is 3. The van der Waals surface area contributed by atoms with Crippen molar-refractivity contribution in [3.63, 3.8) is 0 Å². The summed E-state index contributed by atoms with van der Waals surface area (Å²) in [6, 6.07) is 16.2. The van der Waals surface area contributed by atoms with Crippen LogP contribution in [0.3, 0.4) is 0 Å². The highest BCUT2D eigenvalue weighted by atomic mass is 32.1. The molecule has 3 aromatic rings. The molecule has 1 heterocycles. The van der Waals surface area contributed by atoms with Crippen LogP contribution in [-0.4, -0.2) is 43.0 Å². The largest absolute Gasteiger partial charge is 0.490 e. The second-order valence-electron chi connectivity index (χ2n) is 10.3. The van der Waals surface area contributed by atoms with Gasteiger partial charge in [0.1, 0.15) is 18.2 Å². The van der Waals surface area contributed by atoms with Gasteiger partial charge in [0, 0.05) is 16.8 Å². The molecular formula is C35H37FN4O6S. The van der Waals surface area contributed by atoms with Crippen molar-refractivity contribution in [2.45, 2.75) is 39.8 Å². The van der Waals surface area contributed by atoms with E-state index in [0.29, 0.717) is 63.3 Å². The van der Waals surface area contributed by atoms with E-state index < -0.39 is 17.9 Å². The third-order valence-corrected chi connectivity index (χ3v) is 7.07. The van der Waals surface area contributed by atoms with Crippen LogP contribution in [0.1, 0.15) is 49.1 Å². The van der Waals surface area contributed by atoms with Gasteiger partial charge in [-0.05, 0) is 80.9 Å². The standard InChI is InChI=1S/C35H37FN4O6S/c1-5-11-25-16-24(18-29(43-6-2)33(25)46-20-23-12-10-13-26(36)17-23)19-37-40-30(41)21-45-28-15-9-8-14-27(28)32-31(34(42)44-7-3)22(4)38-35(47)39-32/h5,8-10,12-19,32H,1,6-7,11,20-21H2,2-4H3,(H,40,41)(H2,38,39,47)/t32-/m0/s1. The van der Waals surface area contributed by atoms with Crippen molar-refractivity contribution in [3.8, 4) is 17.2 Å². The molecule has 0 fully saturated rings. The third kappa shape index (κ3) is 9.39. The summed E-state index contributed by atoms with van der Waals surface area (Å²) in [4.78, 5) is 25.5. The molecule has 1 aliphatic rings. The molecular weight excluding hydrogens is 623 g/mol. The number of allylic oxidation sites excluding steroid dienone is 2. The van der Waals surface area contributed by atoms with E-state index >= 15 is 0 Å². The van der Waals surface area contributed by atoms with Crippen LogP contribution in [0, 0.1) is 5.82 Å². The topological polar surface area (TPSA) is 120 Å². The number of hydrazone groups is 1. The average Bonchev–Trinajstić information content (AvgIpc) is 3.03. The van der Waals surface area contributed by atoms with Crippen LogP contribution in [0.2, 0.25) is 0 Å². The number of nitrogens with zero attached hydrogens (tertiary/aromatic N) is 1. The summed E-state index contributed by atoms with van der Waals surface area (Å²) >= 11 is 5.33. The number of carbonyl (C=O) groups excluding carboxylic acids is 2. The number of para-hydroxylation sites is 1. The van der Waals surface area contributed by atoms with Crippen molar-refractivity contribution < 1.29 is 32.9 Å². The number of halogens is 1. The molecule has 3 N–H and O–H groups in total. The number of benzene rings is 3. The van der Waals surface area contributed by atoms with Gasteiger partial charge in [-0.3, -0.25) is 4.79 Å². The molecule has 1 aliphatic heterocycles. The van der Waals surface area contributed by atoms with Crippen molar-refractivity contribution in [1.82, 2.24) is 16.1 Å². The zero-order valence-corrected chi connectivity index (χ0v) is 27.2. The second kappa shape index (κ2) is 16.9. The summed E-state index contributed by atoms with van der Waals surface area (Å²) in [5, 5.41) is 10.5. The van der Waals surface area contributed by atoms with Crippen LogP contribution in [0.4, 0.5) is 4.39 Å². The van der Waals surface area contributed by atoms with Crippen LogP contribution in [0.15, 0.2) is 89.7 Å². The lowest BCUT2D eigenvalue weighted by Crippen LogP contribution is -2.45. The van der Waals surface area contributed by atoms with Crippen LogP contribution in [0.25, 0.3) is 0 Å². The van der Waals surface area contributed by atoms with Gasteiger partial charge in [0.05, 0.1) is 31.0 Å².